The molecule has 1 heterocycles. The minimum atomic E-state index is 0. The normalized spacial score (nSPS) is 10.1. The van der Waals surface area contributed by atoms with Gasteiger partial charge < -0.3 is 0 Å². The molecule has 0 bridgehead atoms. The van der Waals surface area contributed by atoms with E-state index in [0.717, 1.165) is 5.69 Å². The molecule has 0 aliphatic rings. The van der Waals surface area contributed by atoms with Crippen molar-refractivity contribution in [2.45, 2.75) is 5.92 Å². The van der Waals surface area contributed by atoms with Gasteiger partial charge in [-0.25, -0.2) is 0 Å². The van der Waals surface area contributed by atoms with Gasteiger partial charge in [-0.3, -0.25) is 4.98 Å². The molecule has 3 rings (SSSR count). The van der Waals surface area contributed by atoms with E-state index in [-0.39, 0.29) is 22.9 Å². The van der Waals surface area contributed by atoms with E-state index in [9.17, 15) is 0 Å². The van der Waals surface area contributed by atoms with E-state index in [1.807, 2.05) is 30.5 Å². The second-order valence-corrected chi connectivity index (χ2v) is 4.51. The third-order valence-corrected chi connectivity index (χ3v) is 3.25. The number of nitrogens with zero attached hydrogens (tertiary/aromatic N) is 1. The predicted molar refractivity (Wildman–Crippen MR) is 88.4 cm³/mol. The molecule has 0 spiro atoms. The Morgan fingerprint density at radius 3 is 1.55 bits per heavy atom. The van der Waals surface area contributed by atoms with E-state index in [1.54, 1.807) is 0 Å². The maximum Gasteiger partial charge on any atom is 0.0522 e. The molecule has 100 valence electrons. The number of hydrogen-bond acceptors (Lipinski definition) is 1. The van der Waals surface area contributed by atoms with Gasteiger partial charge >= 0.3 is 0 Å². The van der Waals surface area contributed by atoms with Gasteiger partial charge in [0.2, 0.25) is 0 Å². The second kappa shape index (κ2) is 7.01. The molecule has 3 aromatic rings. The largest absolute Gasteiger partial charge is 0.260 e. The molecular weight excluding hydrogens is 310 g/mol. The fourth-order valence-corrected chi connectivity index (χ4v) is 2.37. The molecule has 20 heavy (non-hydrogen) atoms. The standard InChI is InChI=1S/C18H15N.BrH/c1-3-9-15(10-4-1)18(16-11-5-2-6-12-16)17-13-7-8-14-19-17;/h1-14,18H;1H. The zero-order valence-electron chi connectivity index (χ0n) is 11.0. The van der Waals surface area contributed by atoms with Gasteiger partial charge in [0.05, 0.1) is 11.6 Å². The highest BCUT2D eigenvalue weighted by molar-refractivity contribution is 8.93. The van der Waals surface area contributed by atoms with Crippen molar-refractivity contribution in [1.82, 2.24) is 4.98 Å². The van der Waals surface area contributed by atoms with Gasteiger partial charge in [-0.05, 0) is 23.3 Å². The van der Waals surface area contributed by atoms with Crippen molar-refractivity contribution in [3.8, 4) is 0 Å². The Bertz CT molecular complexity index is 529. The summed E-state index contributed by atoms with van der Waals surface area (Å²) >= 11 is 0. The molecule has 0 unspecified atom stereocenters. The first kappa shape index (κ1) is 14.5. The topological polar surface area (TPSA) is 12.9 Å². The molecule has 0 amide bonds. The van der Waals surface area contributed by atoms with E-state index in [1.165, 1.54) is 11.1 Å². The Morgan fingerprint density at radius 2 is 1.10 bits per heavy atom. The van der Waals surface area contributed by atoms with Gasteiger partial charge in [-0.15, -0.1) is 17.0 Å². The quantitative estimate of drug-likeness (QED) is 0.671. The summed E-state index contributed by atoms with van der Waals surface area (Å²) < 4.78 is 0. The van der Waals surface area contributed by atoms with Crippen LogP contribution in [0.25, 0.3) is 0 Å². The lowest BCUT2D eigenvalue weighted by Crippen LogP contribution is -2.04. The second-order valence-electron chi connectivity index (χ2n) is 4.51. The molecule has 1 nitrogen and oxygen atoms in total. The number of hydrogen-bond donors (Lipinski definition) is 0. The first-order valence-electron chi connectivity index (χ1n) is 6.46. The highest BCUT2D eigenvalue weighted by Gasteiger charge is 2.16. The van der Waals surface area contributed by atoms with Crippen LogP contribution >= 0.6 is 17.0 Å². The molecule has 0 fully saturated rings. The van der Waals surface area contributed by atoms with Gasteiger partial charge in [0.15, 0.2) is 0 Å². The molecule has 0 saturated heterocycles. The Labute approximate surface area is 130 Å². The summed E-state index contributed by atoms with van der Waals surface area (Å²) in [6, 6.07) is 27.1. The average Bonchev–Trinajstić information content (AvgIpc) is 2.51. The number of aromatic nitrogens is 1. The van der Waals surface area contributed by atoms with Crippen LogP contribution in [0, 0.1) is 0 Å². The molecule has 0 atom stereocenters. The Hall–Kier alpha value is -1.93. The van der Waals surface area contributed by atoms with Crippen molar-refractivity contribution in [1.29, 1.82) is 0 Å². The Morgan fingerprint density at radius 1 is 0.600 bits per heavy atom. The summed E-state index contributed by atoms with van der Waals surface area (Å²) in [7, 11) is 0. The Kier molecular flexibility index (Phi) is 5.08. The Balaban J connectivity index is 0.00000147. The lowest BCUT2D eigenvalue weighted by Gasteiger charge is -2.17. The SMILES string of the molecule is Br.c1ccc(C(c2ccccc2)c2ccccn2)cc1. The maximum absolute atomic E-state index is 4.53. The van der Waals surface area contributed by atoms with Gasteiger partial charge in [-0.1, -0.05) is 66.7 Å². The maximum atomic E-state index is 4.53. The highest BCUT2D eigenvalue weighted by Crippen LogP contribution is 2.29. The van der Waals surface area contributed by atoms with Gasteiger partial charge in [-0.2, -0.15) is 0 Å². The van der Waals surface area contributed by atoms with Crippen LogP contribution in [0.5, 0.6) is 0 Å². The van der Waals surface area contributed by atoms with E-state index < -0.39 is 0 Å². The first-order valence-corrected chi connectivity index (χ1v) is 6.46. The molecule has 0 saturated carbocycles. The molecule has 0 N–H and O–H groups in total. The monoisotopic (exact) mass is 325 g/mol. The van der Waals surface area contributed by atoms with Crippen LogP contribution in [-0.2, 0) is 0 Å². The van der Waals surface area contributed by atoms with Crippen LogP contribution in [0.3, 0.4) is 0 Å². The number of benzene rings is 2. The molecular formula is C18H16BrN. The van der Waals surface area contributed by atoms with Crippen molar-refractivity contribution < 1.29 is 0 Å². The predicted octanol–water partition coefficient (Wildman–Crippen LogP) is 4.84. The van der Waals surface area contributed by atoms with Crippen LogP contribution in [0.15, 0.2) is 85.1 Å². The summed E-state index contributed by atoms with van der Waals surface area (Å²) in [5.41, 5.74) is 3.62. The smallest absolute Gasteiger partial charge is 0.0522 e. The summed E-state index contributed by atoms with van der Waals surface area (Å²) in [5.74, 6) is 0.198. The summed E-state index contributed by atoms with van der Waals surface area (Å²) in [6.45, 7) is 0. The molecule has 1 aromatic heterocycles. The fourth-order valence-electron chi connectivity index (χ4n) is 2.37. The van der Waals surface area contributed by atoms with Crippen molar-refractivity contribution in [3.05, 3.63) is 102 Å². The molecule has 0 radical (unpaired) electrons. The molecule has 0 aliphatic heterocycles. The minimum absolute atomic E-state index is 0. The summed E-state index contributed by atoms with van der Waals surface area (Å²) in [6.07, 6.45) is 1.86. The van der Waals surface area contributed by atoms with E-state index >= 15 is 0 Å². The highest BCUT2D eigenvalue weighted by atomic mass is 79.9. The van der Waals surface area contributed by atoms with Gasteiger partial charge in [0.1, 0.15) is 0 Å². The van der Waals surface area contributed by atoms with Crippen LogP contribution in [0.1, 0.15) is 22.7 Å². The summed E-state index contributed by atoms with van der Waals surface area (Å²) in [5, 5.41) is 0. The minimum Gasteiger partial charge on any atom is -0.260 e. The van der Waals surface area contributed by atoms with Crippen LogP contribution < -0.4 is 0 Å². The van der Waals surface area contributed by atoms with Crippen molar-refractivity contribution in [2.75, 3.05) is 0 Å². The summed E-state index contributed by atoms with van der Waals surface area (Å²) in [4.78, 5) is 4.53. The third-order valence-electron chi connectivity index (χ3n) is 3.25. The number of pyridine rings is 1. The van der Waals surface area contributed by atoms with Gasteiger partial charge in [0.25, 0.3) is 0 Å². The molecule has 2 heteroatoms. The zero-order chi connectivity index (χ0) is 12.9. The number of rotatable bonds is 3. The first-order chi connectivity index (χ1) is 9.45. The lowest BCUT2D eigenvalue weighted by molar-refractivity contribution is 0.919. The van der Waals surface area contributed by atoms with Crippen molar-refractivity contribution in [2.24, 2.45) is 0 Å². The van der Waals surface area contributed by atoms with Crippen LogP contribution in [0.4, 0.5) is 0 Å². The van der Waals surface area contributed by atoms with Crippen molar-refractivity contribution in [3.63, 3.8) is 0 Å². The lowest BCUT2D eigenvalue weighted by atomic mass is 9.88. The van der Waals surface area contributed by atoms with E-state index in [0.29, 0.717) is 0 Å². The molecule has 0 aliphatic carbocycles. The van der Waals surface area contributed by atoms with E-state index in [2.05, 4.69) is 59.6 Å². The fraction of sp³-hybridized carbons (Fsp3) is 0.0556. The average molecular weight is 326 g/mol. The van der Waals surface area contributed by atoms with Crippen LogP contribution in [-0.4, -0.2) is 4.98 Å². The van der Waals surface area contributed by atoms with Crippen molar-refractivity contribution >= 4 is 17.0 Å². The van der Waals surface area contributed by atoms with Crippen LogP contribution in [0.2, 0.25) is 0 Å². The molecule has 2 aromatic carbocycles. The number of halogens is 1. The third kappa shape index (κ3) is 3.14. The zero-order valence-corrected chi connectivity index (χ0v) is 12.7. The van der Waals surface area contributed by atoms with Gasteiger partial charge in [0, 0.05) is 6.20 Å². The van der Waals surface area contributed by atoms with E-state index in [4.69, 9.17) is 0 Å².